The number of methoxy groups -OCH3 is 2. The van der Waals surface area contributed by atoms with Gasteiger partial charge >= 0.3 is 0 Å². The molecule has 0 spiro atoms. The van der Waals surface area contributed by atoms with Gasteiger partial charge in [0, 0.05) is 6.54 Å². The van der Waals surface area contributed by atoms with Gasteiger partial charge in [0.05, 0.1) is 20.3 Å². The molecule has 0 bridgehead atoms. The minimum atomic E-state index is -0.277. The zero-order valence-electron chi connectivity index (χ0n) is 16.1. The lowest BCUT2D eigenvalue weighted by atomic mass is 10.1. The van der Waals surface area contributed by atoms with Crippen LogP contribution in [0, 0.1) is 11.3 Å². The number of hydrogen-bond donors (Lipinski definition) is 1. The number of carbonyl (C=O) groups is 1. The lowest BCUT2D eigenvalue weighted by molar-refractivity contribution is -0.120. The van der Waals surface area contributed by atoms with E-state index in [2.05, 4.69) is 5.32 Å². The van der Waals surface area contributed by atoms with Crippen molar-refractivity contribution in [3.63, 3.8) is 0 Å². The first kappa shape index (κ1) is 20.9. The van der Waals surface area contributed by atoms with Crippen LogP contribution in [0.25, 0.3) is 0 Å². The summed E-state index contributed by atoms with van der Waals surface area (Å²) in [5.74, 6) is 2.27. The van der Waals surface area contributed by atoms with Gasteiger partial charge in [-0.15, -0.1) is 0 Å². The molecule has 0 aromatic heterocycles. The molecule has 2 aromatic rings. The van der Waals surface area contributed by atoms with E-state index in [0.29, 0.717) is 49.2 Å². The molecule has 7 heteroatoms. The molecule has 0 fully saturated rings. The summed E-state index contributed by atoms with van der Waals surface area (Å²) in [6.45, 7) is 1.12. The van der Waals surface area contributed by atoms with Crippen molar-refractivity contribution in [1.29, 1.82) is 5.26 Å². The highest BCUT2D eigenvalue weighted by Gasteiger charge is 2.08. The summed E-state index contributed by atoms with van der Waals surface area (Å²) in [4.78, 5) is 11.3. The number of nitrogens with zero attached hydrogens (tertiary/aromatic N) is 1. The largest absolute Gasteiger partial charge is 0.493 e. The Morgan fingerprint density at radius 1 is 0.964 bits per heavy atom. The van der Waals surface area contributed by atoms with Crippen LogP contribution in [-0.2, 0) is 11.2 Å². The van der Waals surface area contributed by atoms with Gasteiger partial charge in [0.1, 0.15) is 19.6 Å². The quantitative estimate of drug-likeness (QED) is 0.599. The van der Waals surface area contributed by atoms with Crippen molar-refractivity contribution in [3.8, 4) is 29.1 Å². The van der Waals surface area contributed by atoms with E-state index < -0.39 is 0 Å². The molecule has 1 amide bonds. The summed E-state index contributed by atoms with van der Waals surface area (Å²) < 4.78 is 22.1. The molecule has 0 radical (unpaired) electrons. The van der Waals surface area contributed by atoms with Gasteiger partial charge in [-0.1, -0.05) is 18.2 Å². The van der Waals surface area contributed by atoms with Crippen LogP contribution >= 0.6 is 0 Å². The maximum Gasteiger partial charge on any atom is 0.234 e. The highest BCUT2D eigenvalue weighted by atomic mass is 16.5. The van der Waals surface area contributed by atoms with E-state index in [0.717, 1.165) is 5.56 Å². The van der Waals surface area contributed by atoms with E-state index in [9.17, 15) is 4.79 Å². The first-order valence-electron chi connectivity index (χ1n) is 8.87. The zero-order chi connectivity index (χ0) is 20.2. The van der Waals surface area contributed by atoms with Crippen molar-refractivity contribution >= 4 is 5.91 Å². The maximum absolute atomic E-state index is 11.3. The van der Waals surface area contributed by atoms with Gasteiger partial charge in [-0.2, -0.15) is 5.26 Å². The van der Waals surface area contributed by atoms with Gasteiger partial charge in [0.2, 0.25) is 5.91 Å². The van der Waals surface area contributed by atoms with Gasteiger partial charge in [-0.3, -0.25) is 4.79 Å². The predicted octanol–water partition coefficient (Wildman–Crippen LogP) is 2.73. The molecule has 0 aliphatic carbocycles. The summed E-state index contributed by atoms with van der Waals surface area (Å²) in [6, 6.07) is 14.8. The number of nitriles is 1. The molecule has 7 nitrogen and oxygen atoms in total. The summed E-state index contributed by atoms with van der Waals surface area (Å²) in [5, 5.41) is 11.2. The van der Waals surface area contributed by atoms with Gasteiger partial charge in [0.15, 0.2) is 23.0 Å². The number of carbonyl (C=O) groups excluding carboxylic acids is 1. The molecule has 0 heterocycles. The van der Waals surface area contributed by atoms with E-state index in [4.69, 9.17) is 24.2 Å². The van der Waals surface area contributed by atoms with Crippen LogP contribution in [0.4, 0.5) is 0 Å². The monoisotopic (exact) mass is 384 g/mol. The Balaban J connectivity index is 1.87. The Labute approximate surface area is 164 Å². The number of hydrogen-bond acceptors (Lipinski definition) is 6. The Hall–Kier alpha value is -3.40. The third-order valence-electron chi connectivity index (χ3n) is 3.87. The van der Waals surface area contributed by atoms with E-state index in [1.807, 2.05) is 48.5 Å². The first-order chi connectivity index (χ1) is 13.7. The Kier molecular flexibility index (Phi) is 8.47. The SMILES string of the molecule is COc1ccccc1OCCOc1cc(CCNC(=O)CC#N)ccc1OC. The second kappa shape index (κ2) is 11.3. The number of benzene rings is 2. The molecule has 1 N–H and O–H groups in total. The Bertz CT molecular complexity index is 817. The van der Waals surface area contributed by atoms with Gasteiger partial charge in [-0.05, 0) is 36.2 Å². The van der Waals surface area contributed by atoms with Crippen molar-refractivity contribution in [2.24, 2.45) is 0 Å². The fourth-order valence-electron chi connectivity index (χ4n) is 2.51. The summed E-state index contributed by atoms with van der Waals surface area (Å²) in [6.07, 6.45) is 0.485. The fraction of sp³-hybridized carbons (Fsp3) is 0.333. The number of para-hydroxylation sites is 2. The average Bonchev–Trinajstić information content (AvgIpc) is 2.72. The third-order valence-corrected chi connectivity index (χ3v) is 3.87. The summed E-state index contributed by atoms with van der Waals surface area (Å²) in [7, 11) is 3.17. The lowest BCUT2D eigenvalue weighted by Crippen LogP contribution is -2.24. The van der Waals surface area contributed by atoms with E-state index in [-0.39, 0.29) is 12.3 Å². The van der Waals surface area contributed by atoms with Crippen molar-refractivity contribution in [2.75, 3.05) is 34.0 Å². The van der Waals surface area contributed by atoms with Crippen LogP contribution in [0.1, 0.15) is 12.0 Å². The lowest BCUT2D eigenvalue weighted by Gasteiger charge is -2.14. The second-order valence-corrected chi connectivity index (χ2v) is 5.77. The number of ether oxygens (including phenoxy) is 4. The predicted molar refractivity (Wildman–Crippen MR) is 104 cm³/mol. The molecular weight excluding hydrogens is 360 g/mol. The number of rotatable bonds is 11. The van der Waals surface area contributed by atoms with Crippen LogP contribution < -0.4 is 24.3 Å². The average molecular weight is 384 g/mol. The van der Waals surface area contributed by atoms with Crippen molar-refractivity contribution in [2.45, 2.75) is 12.8 Å². The highest BCUT2D eigenvalue weighted by Crippen LogP contribution is 2.29. The first-order valence-corrected chi connectivity index (χ1v) is 8.87. The highest BCUT2D eigenvalue weighted by molar-refractivity contribution is 5.77. The fourth-order valence-corrected chi connectivity index (χ4v) is 2.51. The summed E-state index contributed by atoms with van der Waals surface area (Å²) in [5.41, 5.74) is 0.985. The molecule has 28 heavy (non-hydrogen) atoms. The van der Waals surface area contributed by atoms with Crippen molar-refractivity contribution < 1.29 is 23.7 Å². The molecule has 0 aliphatic rings. The Morgan fingerprint density at radius 2 is 1.61 bits per heavy atom. The molecule has 0 saturated carbocycles. The van der Waals surface area contributed by atoms with E-state index >= 15 is 0 Å². The van der Waals surface area contributed by atoms with E-state index in [1.165, 1.54) is 0 Å². The van der Waals surface area contributed by atoms with Crippen molar-refractivity contribution in [1.82, 2.24) is 5.32 Å². The van der Waals surface area contributed by atoms with E-state index in [1.54, 1.807) is 14.2 Å². The second-order valence-electron chi connectivity index (χ2n) is 5.77. The van der Waals surface area contributed by atoms with Crippen LogP contribution in [-0.4, -0.2) is 39.9 Å². The summed E-state index contributed by atoms with van der Waals surface area (Å²) >= 11 is 0. The molecule has 0 unspecified atom stereocenters. The Morgan fingerprint density at radius 3 is 2.29 bits per heavy atom. The molecule has 0 atom stereocenters. The smallest absolute Gasteiger partial charge is 0.234 e. The van der Waals surface area contributed by atoms with Gasteiger partial charge in [-0.25, -0.2) is 0 Å². The zero-order valence-corrected chi connectivity index (χ0v) is 16.1. The minimum Gasteiger partial charge on any atom is -0.493 e. The molecule has 2 rings (SSSR count). The number of nitrogens with one attached hydrogen (secondary N) is 1. The normalized spacial score (nSPS) is 9.89. The van der Waals surface area contributed by atoms with Gasteiger partial charge in [0.25, 0.3) is 0 Å². The number of amides is 1. The van der Waals surface area contributed by atoms with Gasteiger partial charge < -0.3 is 24.3 Å². The molecule has 2 aromatic carbocycles. The minimum absolute atomic E-state index is 0.136. The molecular formula is C21H24N2O5. The molecule has 0 aliphatic heterocycles. The molecule has 0 saturated heterocycles. The van der Waals surface area contributed by atoms with Crippen LogP contribution in [0.3, 0.4) is 0 Å². The topological polar surface area (TPSA) is 89.8 Å². The molecule has 148 valence electrons. The van der Waals surface area contributed by atoms with Crippen LogP contribution in [0.2, 0.25) is 0 Å². The third kappa shape index (κ3) is 6.40. The standard InChI is InChI=1S/C21H24N2O5/c1-25-17-5-3-4-6-19(17)27-13-14-28-20-15-16(7-8-18(20)26-2)10-12-23-21(24)9-11-22/h3-8,15H,9-10,12-14H2,1-2H3,(H,23,24). The van der Waals surface area contributed by atoms with Crippen LogP contribution in [0.5, 0.6) is 23.0 Å². The van der Waals surface area contributed by atoms with Crippen molar-refractivity contribution in [3.05, 3.63) is 48.0 Å². The van der Waals surface area contributed by atoms with Crippen LogP contribution in [0.15, 0.2) is 42.5 Å². The maximum atomic E-state index is 11.3.